The van der Waals surface area contributed by atoms with Crippen LogP contribution in [0.25, 0.3) is 0 Å². The average molecular weight is 299 g/mol. The first kappa shape index (κ1) is 12.7. The third-order valence-corrected chi connectivity index (χ3v) is 3.54. The third-order valence-electron chi connectivity index (χ3n) is 3.04. The summed E-state index contributed by atoms with van der Waals surface area (Å²) in [4.78, 5) is 2.24. The van der Waals surface area contributed by atoms with Gasteiger partial charge in [-0.25, -0.2) is 4.39 Å². The van der Waals surface area contributed by atoms with Gasteiger partial charge < -0.3 is 5.32 Å². The minimum absolute atomic E-state index is 0.0467. The van der Waals surface area contributed by atoms with Crippen molar-refractivity contribution < 1.29 is 4.39 Å². The Labute approximate surface area is 110 Å². The Morgan fingerprint density at radius 1 is 1.41 bits per heavy atom. The highest BCUT2D eigenvalue weighted by Crippen LogP contribution is 2.27. The van der Waals surface area contributed by atoms with E-state index in [-0.39, 0.29) is 11.9 Å². The standard InChI is InChI=1S/C13H16BrFN2/c1-2-13(17-7-5-16-6-8-17)11-9-10(14)3-4-12(11)15/h2-4,9,13,16H,1,5-8H2/t13-/m0/s1. The topological polar surface area (TPSA) is 15.3 Å². The fourth-order valence-corrected chi connectivity index (χ4v) is 2.55. The maximum atomic E-state index is 13.9. The van der Waals surface area contributed by atoms with Crippen molar-refractivity contribution in [2.24, 2.45) is 0 Å². The minimum Gasteiger partial charge on any atom is -0.314 e. The Morgan fingerprint density at radius 2 is 2.12 bits per heavy atom. The summed E-state index contributed by atoms with van der Waals surface area (Å²) in [7, 11) is 0. The predicted molar refractivity (Wildman–Crippen MR) is 71.5 cm³/mol. The number of piperazine rings is 1. The summed E-state index contributed by atoms with van der Waals surface area (Å²) in [5, 5.41) is 3.29. The van der Waals surface area contributed by atoms with Crippen LogP contribution in [0.1, 0.15) is 11.6 Å². The second-order valence-electron chi connectivity index (χ2n) is 4.13. The van der Waals surface area contributed by atoms with Crippen molar-refractivity contribution in [3.05, 3.63) is 46.7 Å². The van der Waals surface area contributed by atoms with Gasteiger partial charge in [-0.3, -0.25) is 4.90 Å². The number of benzene rings is 1. The van der Waals surface area contributed by atoms with Crippen LogP contribution >= 0.6 is 15.9 Å². The van der Waals surface area contributed by atoms with Gasteiger partial charge in [-0.05, 0) is 18.2 Å². The highest BCUT2D eigenvalue weighted by molar-refractivity contribution is 9.10. The number of rotatable bonds is 3. The fraction of sp³-hybridized carbons (Fsp3) is 0.385. The Hall–Kier alpha value is -0.710. The molecular weight excluding hydrogens is 283 g/mol. The smallest absolute Gasteiger partial charge is 0.128 e. The van der Waals surface area contributed by atoms with Crippen molar-refractivity contribution in [3.8, 4) is 0 Å². The molecule has 1 aliphatic rings. The van der Waals surface area contributed by atoms with Gasteiger partial charge in [0.1, 0.15) is 5.82 Å². The van der Waals surface area contributed by atoms with E-state index in [2.05, 4.69) is 32.7 Å². The molecule has 2 nitrogen and oxygen atoms in total. The molecule has 0 aliphatic carbocycles. The van der Waals surface area contributed by atoms with E-state index < -0.39 is 0 Å². The summed E-state index contributed by atoms with van der Waals surface area (Å²) in [5.41, 5.74) is 0.691. The Bertz CT molecular complexity index is 402. The van der Waals surface area contributed by atoms with Crippen LogP contribution < -0.4 is 5.32 Å². The first-order chi connectivity index (χ1) is 8.22. The lowest BCUT2D eigenvalue weighted by Crippen LogP contribution is -2.44. The van der Waals surface area contributed by atoms with Gasteiger partial charge in [-0.2, -0.15) is 0 Å². The molecule has 1 saturated heterocycles. The van der Waals surface area contributed by atoms with Gasteiger partial charge in [0, 0.05) is 36.2 Å². The highest BCUT2D eigenvalue weighted by atomic mass is 79.9. The zero-order valence-corrected chi connectivity index (χ0v) is 11.2. The molecular formula is C13H16BrFN2. The molecule has 1 aromatic rings. The van der Waals surface area contributed by atoms with E-state index >= 15 is 0 Å². The maximum absolute atomic E-state index is 13.9. The van der Waals surface area contributed by atoms with E-state index in [9.17, 15) is 4.39 Å². The van der Waals surface area contributed by atoms with Gasteiger partial charge in [0.2, 0.25) is 0 Å². The molecule has 0 unspecified atom stereocenters. The second kappa shape index (κ2) is 5.76. The number of hydrogen-bond donors (Lipinski definition) is 1. The molecule has 0 bridgehead atoms. The van der Waals surface area contributed by atoms with Crippen molar-refractivity contribution in [2.45, 2.75) is 6.04 Å². The fourth-order valence-electron chi connectivity index (χ4n) is 2.17. The van der Waals surface area contributed by atoms with E-state index in [0.717, 1.165) is 30.7 Å². The van der Waals surface area contributed by atoms with Crippen LogP contribution in [-0.2, 0) is 0 Å². The molecule has 1 atom stereocenters. The van der Waals surface area contributed by atoms with E-state index in [0.29, 0.717) is 5.56 Å². The summed E-state index contributed by atoms with van der Waals surface area (Å²) < 4.78 is 14.7. The van der Waals surface area contributed by atoms with Gasteiger partial charge in [0.15, 0.2) is 0 Å². The van der Waals surface area contributed by atoms with E-state index in [4.69, 9.17) is 0 Å². The molecule has 1 fully saturated rings. The largest absolute Gasteiger partial charge is 0.314 e. The molecule has 1 N–H and O–H groups in total. The van der Waals surface area contributed by atoms with Gasteiger partial charge in [0.05, 0.1) is 6.04 Å². The molecule has 0 aromatic heterocycles. The molecule has 0 saturated carbocycles. The van der Waals surface area contributed by atoms with Gasteiger partial charge >= 0.3 is 0 Å². The van der Waals surface area contributed by atoms with Crippen LogP contribution in [0.5, 0.6) is 0 Å². The number of nitrogens with one attached hydrogen (secondary N) is 1. The molecule has 2 rings (SSSR count). The van der Waals surface area contributed by atoms with E-state index in [1.165, 1.54) is 6.07 Å². The number of hydrogen-bond acceptors (Lipinski definition) is 2. The first-order valence-electron chi connectivity index (χ1n) is 5.74. The normalized spacial score (nSPS) is 18.9. The van der Waals surface area contributed by atoms with Gasteiger partial charge in [-0.15, -0.1) is 6.58 Å². The van der Waals surface area contributed by atoms with Crippen LogP contribution in [-0.4, -0.2) is 31.1 Å². The average Bonchev–Trinajstić information content (AvgIpc) is 2.36. The van der Waals surface area contributed by atoms with Crippen molar-refractivity contribution in [3.63, 3.8) is 0 Å². The predicted octanol–water partition coefficient (Wildman–Crippen LogP) is 2.72. The molecule has 0 spiro atoms. The SMILES string of the molecule is C=C[C@@H](c1cc(Br)ccc1F)N1CCNCC1. The molecule has 17 heavy (non-hydrogen) atoms. The summed E-state index contributed by atoms with van der Waals surface area (Å²) in [6.45, 7) is 7.57. The Balaban J connectivity index is 2.27. The molecule has 4 heteroatoms. The van der Waals surface area contributed by atoms with Crippen LogP contribution in [0, 0.1) is 5.82 Å². The van der Waals surface area contributed by atoms with E-state index in [1.807, 2.05) is 12.1 Å². The quantitative estimate of drug-likeness (QED) is 0.863. The highest BCUT2D eigenvalue weighted by Gasteiger charge is 2.22. The van der Waals surface area contributed by atoms with Crippen LogP contribution in [0.4, 0.5) is 4.39 Å². The summed E-state index contributed by atoms with van der Waals surface area (Å²) in [6, 6.07) is 5.01. The Kier molecular flexibility index (Phi) is 4.31. The molecule has 1 aliphatic heterocycles. The maximum Gasteiger partial charge on any atom is 0.128 e. The zero-order valence-electron chi connectivity index (χ0n) is 9.63. The third kappa shape index (κ3) is 2.94. The van der Waals surface area contributed by atoms with E-state index in [1.54, 1.807) is 6.07 Å². The first-order valence-corrected chi connectivity index (χ1v) is 6.54. The van der Waals surface area contributed by atoms with Crippen LogP contribution in [0.15, 0.2) is 35.3 Å². The Morgan fingerprint density at radius 3 is 2.76 bits per heavy atom. The lowest BCUT2D eigenvalue weighted by molar-refractivity contribution is 0.200. The summed E-state index contributed by atoms with van der Waals surface area (Å²) in [6.07, 6.45) is 1.82. The van der Waals surface area contributed by atoms with Gasteiger partial charge in [-0.1, -0.05) is 22.0 Å². The summed E-state index contributed by atoms with van der Waals surface area (Å²) >= 11 is 3.39. The monoisotopic (exact) mass is 298 g/mol. The molecule has 0 radical (unpaired) electrons. The van der Waals surface area contributed by atoms with Crippen molar-refractivity contribution in [1.29, 1.82) is 0 Å². The van der Waals surface area contributed by atoms with Gasteiger partial charge in [0.25, 0.3) is 0 Å². The van der Waals surface area contributed by atoms with Crippen molar-refractivity contribution in [1.82, 2.24) is 10.2 Å². The molecule has 92 valence electrons. The molecule has 1 aromatic carbocycles. The van der Waals surface area contributed by atoms with Crippen molar-refractivity contribution in [2.75, 3.05) is 26.2 Å². The second-order valence-corrected chi connectivity index (χ2v) is 5.05. The lowest BCUT2D eigenvalue weighted by Gasteiger charge is -2.33. The minimum atomic E-state index is -0.170. The summed E-state index contributed by atoms with van der Waals surface area (Å²) in [5.74, 6) is -0.170. The van der Waals surface area contributed by atoms with Crippen LogP contribution in [0.3, 0.4) is 0 Å². The van der Waals surface area contributed by atoms with Crippen molar-refractivity contribution >= 4 is 15.9 Å². The molecule has 0 amide bonds. The number of nitrogens with zero attached hydrogens (tertiary/aromatic N) is 1. The van der Waals surface area contributed by atoms with Crippen LogP contribution in [0.2, 0.25) is 0 Å². The lowest BCUT2D eigenvalue weighted by atomic mass is 10.0. The zero-order chi connectivity index (χ0) is 12.3. The molecule has 1 heterocycles. The number of halogens is 2.